The van der Waals surface area contributed by atoms with E-state index < -0.39 is 27.2 Å². The maximum absolute atomic E-state index is 13.2. The van der Waals surface area contributed by atoms with Crippen LogP contribution in [-0.2, 0) is 10.0 Å². The van der Waals surface area contributed by atoms with Crippen molar-refractivity contribution in [1.29, 1.82) is 0 Å². The van der Waals surface area contributed by atoms with Crippen LogP contribution in [-0.4, -0.2) is 20.5 Å². The zero-order valence-electron chi connectivity index (χ0n) is 9.04. The summed E-state index contributed by atoms with van der Waals surface area (Å²) >= 11 is 0. The van der Waals surface area contributed by atoms with E-state index in [0.29, 0.717) is 6.42 Å². The molecule has 0 bridgehead atoms. The topological polar surface area (TPSA) is 63.2 Å². The van der Waals surface area contributed by atoms with E-state index >= 15 is 0 Å². The first-order chi connectivity index (χ1) is 7.89. The first-order valence-corrected chi connectivity index (χ1v) is 6.49. The van der Waals surface area contributed by atoms with Crippen molar-refractivity contribution in [2.24, 2.45) is 0 Å². The number of nitrogens with one attached hydrogen (secondary N) is 1. The molecular weight excluding hydrogens is 252 g/mol. The second-order valence-electron chi connectivity index (χ2n) is 3.39. The molecule has 1 aromatic rings. The fourth-order valence-corrected chi connectivity index (χ4v) is 2.37. The Morgan fingerprint density at radius 2 is 1.82 bits per heavy atom. The van der Waals surface area contributed by atoms with Crippen LogP contribution >= 0.6 is 0 Å². The lowest BCUT2D eigenvalue weighted by molar-refractivity contribution is 0.111. The van der Waals surface area contributed by atoms with Crippen molar-refractivity contribution in [3.05, 3.63) is 29.3 Å². The summed E-state index contributed by atoms with van der Waals surface area (Å²) in [5.41, 5.74) is -0.956. The van der Waals surface area contributed by atoms with E-state index in [4.69, 9.17) is 0 Å². The standard InChI is InChI=1S/C10H11F2NO3S/c1-2-3-17(15,16)13-7-4-9(11)8(6-14)10(12)5-7/h4-6,13H,2-3H2,1H3. The highest BCUT2D eigenvalue weighted by Gasteiger charge is 2.14. The van der Waals surface area contributed by atoms with Crippen LogP contribution in [0, 0.1) is 11.6 Å². The van der Waals surface area contributed by atoms with Crippen LogP contribution in [0.1, 0.15) is 23.7 Å². The molecule has 0 aromatic heterocycles. The Morgan fingerprint density at radius 1 is 1.29 bits per heavy atom. The molecule has 0 aliphatic heterocycles. The fraction of sp³-hybridized carbons (Fsp3) is 0.300. The first-order valence-electron chi connectivity index (χ1n) is 4.84. The Kier molecular flexibility index (Phi) is 4.17. The minimum atomic E-state index is -3.61. The number of aldehydes is 1. The largest absolute Gasteiger partial charge is 0.298 e. The Bertz CT molecular complexity index is 505. The van der Waals surface area contributed by atoms with Crippen LogP contribution in [0.5, 0.6) is 0 Å². The number of carbonyl (C=O) groups excluding carboxylic acids is 1. The van der Waals surface area contributed by atoms with Crippen LogP contribution in [0.4, 0.5) is 14.5 Å². The number of hydrogen-bond acceptors (Lipinski definition) is 3. The Labute approximate surface area is 97.7 Å². The van der Waals surface area contributed by atoms with E-state index in [9.17, 15) is 22.0 Å². The molecule has 17 heavy (non-hydrogen) atoms. The smallest absolute Gasteiger partial charge is 0.232 e. The number of carbonyl (C=O) groups is 1. The van der Waals surface area contributed by atoms with Gasteiger partial charge in [0, 0.05) is 0 Å². The van der Waals surface area contributed by atoms with Crippen molar-refractivity contribution in [2.75, 3.05) is 10.5 Å². The predicted molar refractivity (Wildman–Crippen MR) is 59.4 cm³/mol. The van der Waals surface area contributed by atoms with E-state index in [1.807, 2.05) is 4.72 Å². The van der Waals surface area contributed by atoms with Crippen LogP contribution in [0.2, 0.25) is 0 Å². The third kappa shape index (κ3) is 3.48. The van der Waals surface area contributed by atoms with E-state index in [1.54, 1.807) is 6.92 Å². The molecule has 0 heterocycles. The molecule has 0 fully saturated rings. The quantitative estimate of drug-likeness (QED) is 0.825. The zero-order chi connectivity index (χ0) is 13.1. The lowest BCUT2D eigenvalue weighted by Crippen LogP contribution is -2.16. The molecule has 0 atom stereocenters. The van der Waals surface area contributed by atoms with Crippen molar-refractivity contribution in [1.82, 2.24) is 0 Å². The van der Waals surface area contributed by atoms with Gasteiger partial charge in [0.1, 0.15) is 11.6 Å². The second-order valence-corrected chi connectivity index (χ2v) is 5.23. The summed E-state index contributed by atoms with van der Waals surface area (Å²) in [4.78, 5) is 10.3. The molecule has 4 nitrogen and oxygen atoms in total. The van der Waals surface area contributed by atoms with Crippen LogP contribution in [0.15, 0.2) is 12.1 Å². The van der Waals surface area contributed by atoms with Gasteiger partial charge in [0.05, 0.1) is 17.0 Å². The van der Waals surface area contributed by atoms with Crippen LogP contribution in [0.25, 0.3) is 0 Å². The van der Waals surface area contributed by atoms with Gasteiger partial charge in [-0.3, -0.25) is 9.52 Å². The number of anilines is 1. The van der Waals surface area contributed by atoms with E-state index in [2.05, 4.69) is 0 Å². The van der Waals surface area contributed by atoms with Gasteiger partial charge in [-0.05, 0) is 18.6 Å². The van der Waals surface area contributed by atoms with Crippen molar-refractivity contribution in [3.8, 4) is 0 Å². The summed E-state index contributed by atoms with van der Waals surface area (Å²) in [5, 5.41) is 0. The molecule has 0 saturated heterocycles. The minimum absolute atomic E-state index is 0.0367. The normalized spacial score (nSPS) is 11.2. The summed E-state index contributed by atoms with van der Waals surface area (Å²) in [5.74, 6) is -2.35. The maximum Gasteiger partial charge on any atom is 0.232 e. The average molecular weight is 263 g/mol. The number of hydrogen-bond donors (Lipinski definition) is 1. The van der Waals surface area contributed by atoms with E-state index in [0.717, 1.165) is 12.1 Å². The minimum Gasteiger partial charge on any atom is -0.298 e. The molecule has 1 rings (SSSR count). The predicted octanol–water partition coefficient (Wildman–Crippen LogP) is 1.93. The fourth-order valence-electron chi connectivity index (χ4n) is 1.26. The highest BCUT2D eigenvalue weighted by Crippen LogP contribution is 2.18. The first kappa shape index (κ1) is 13.6. The molecule has 0 aliphatic carbocycles. The van der Waals surface area contributed by atoms with Crippen molar-refractivity contribution in [3.63, 3.8) is 0 Å². The molecular formula is C10H11F2NO3S. The molecule has 7 heteroatoms. The maximum atomic E-state index is 13.2. The van der Waals surface area contributed by atoms with Crippen LogP contribution in [0.3, 0.4) is 0 Å². The highest BCUT2D eigenvalue weighted by atomic mass is 32.2. The Hall–Kier alpha value is -1.50. The summed E-state index contributed by atoms with van der Waals surface area (Å²) in [6.45, 7) is 1.66. The van der Waals surface area contributed by atoms with Gasteiger partial charge in [0.2, 0.25) is 10.0 Å². The van der Waals surface area contributed by atoms with E-state index in [1.165, 1.54) is 0 Å². The van der Waals surface area contributed by atoms with Crippen LogP contribution < -0.4 is 4.72 Å². The van der Waals surface area contributed by atoms with Gasteiger partial charge < -0.3 is 0 Å². The molecule has 1 N–H and O–H groups in total. The van der Waals surface area contributed by atoms with Gasteiger partial charge in [0.15, 0.2) is 6.29 Å². The molecule has 0 unspecified atom stereocenters. The lowest BCUT2D eigenvalue weighted by atomic mass is 10.2. The zero-order valence-corrected chi connectivity index (χ0v) is 9.85. The third-order valence-electron chi connectivity index (χ3n) is 1.94. The number of sulfonamides is 1. The molecule has 0 radical (unpaired) electrons. The average Bonchev–Trinajstić information content (AvgIpc) is 2.15. The summed E-state index contributed by atoms with van der Waals surface area (Å²) < 4.78 is 51.1. The Balaban J connectivity index is 3.06. The van der Waals surface area contributed by atoms with Gasteiger partial charge in [-0.2, -0.15) is 0 Å². The molecule has 0 spiro atoms. The third-order valence-corrected chi connectivity index (χ3v) is 3.44. The molecule has 0 saturated carbocycles. The van der Waals surface area contributed by atoms with Gasteiger partial charge >= 0.3 is 0 Å². The van der Waals surface area contributed by atoms with Gasteiger partial charge in [-0.15, -0.1) is 0 Å². The van der Waals surface area contributed by atoms with E-state index in [-0.39, 0.29) is 17.7 Å². The SMILES string of the molecule is CCCS(=O)(=O)Nc1cc(F)c(C=O)c(F)c1. The lowest BCUT2D eigenvalue weighted by Gasteiger charge is -2.08. The summed E-state index contributed by atoms with van der Waals surface area (Å²) in [6.07, 6.45) is 0.418. The summed E-state index contributed by atoms with van der Waals surface area (Å²) in [6, 6.07) is 1.53. The number of halogens is 2. The monoisotopic (exact) mass is 263 g/mol. The molecule has 1 aromatic carbocycles. The number of benzene rings is 1. The van der Waals surface area contributed by atoms with Crippen molar-refractivity contribution >= 4 is 22.0 Å². The van der Waals surface area contributed by atoms with Gasteiger partial charge in [0.25, 0.3) is 0 Å². The van der Waals surface area contributed by atoms with Gasteiger partial charge in [-0.1, -0.05) is 6.92 Å². The Morgan fingerprint density at radius 3 is 2.24 bits per heavy atom. The second kappa shape index (κ2) is 5.22. The number of rotatable bonds is 5. The van der Waals surface area contributed by atoms with Gasteiger partial charge in [-0.25, -0.2) is 17.2 Å². The summed E-state index contributed by atoms with van der Waals surface area (Å²) in [7, 11) is -3.61. The van der Waals surface area contributed by atoms with Crippen molar-refractivity contribution in [2.45, 2.75) is 13.3 Å². The molecule has 94 valence electrons. The highest BCUT2D eigenvalue weighted by molar-refractivity contribution is 7.92. The van der Waals surface area contributed by atoms with Crippen molar-refractivity contribution < 1.29 is 22.0 Å². The molecule has 0 aliphatic rings. The molecule has 0 amide bonds.